The SMILES string of the molecule is CCn1ccnc1[C@@H](NCc1cnc(N(C)C)nc1)C1CCOCC1. The molecule has 1 aliphatic rings. The number of rotatable bonds is 7. The number of imidazole rings is 1. The number of aryl methyl sites for hydroxylation is 1. The molecule has 1 atom stereocenters. The van der Waals surface area contributed by atoms with Gasteiger partial charge in [-0.05, 0) is 25.7 Å². The lowest BCUT2D eigenvalue weighted by Gasteiger charge is -2.31. The quantitative estimate of drug-likeness (QED) is 0.829. The van der Waals surface area contributed by atoms with E-state index >= 15 is 0 Å². The molecule has 2 aromatic heterocycles. The minimum Gasteiger partial charge on any atom is -0.381 e. The van der Waals surface area contributed by atoms with Gasteiger partial charge in [0, 0.05) is 70.7 Å². The fourth-order valence-corrected chi connectivity index (χ4v) is 3.28. The van der Waals surface area contributed by atoms with Gasteiger partial charge in [-0.3, -0.25) is 0 Å². The Hall–Kier alpha value is -1.99. The van der Waals surface area contributed by atoms with Crippen molar-refractivity contribution in [1.82, 2.24) is 24.8 Å². The molecule has 3 heterocycles. The highest BCUT2D eigenvalue weighted by Gasteiger charge is 2.28. The highest BCUT2D eigenvalue weighted by atomic mass is 16.5. The van der Waals surface area contributed by atoms with E-state index in [1.165, 1.54) is 0 Å². The Kier molecular flexibility index (Phi) is 5.99. The first kappa shape index (κ1) is 17.8. The van der Waals surface area contributed by atoms with Gasteiger partial charge in [-0.25, -0.2) is 15.0 Å². The maximum atomic E-state index is 5.54. The van der Waals surface area contributed by atoms with Crippen LogP contribution in [0.25, 0.3) is 0 Å². The van der Waals surface area contributed by atoms with E-state index in [0.717, 1.165) is 56.5 Å². The summed E-state index contributed by atoms with van der Waals surface area (Å²) in [6.07, 6.45) is 9.85. The fraction of sp³-hybridized carbons (Fsp3) is 0.611. The van der Waals surface area contributed by atoms with Gasteiger partial charge in [0.05, 0.1) is 6.04 Å². The molecule has 1 N–H and O–H groups in total. The van der Waals surface area contributed by atoms with Crippen LogP contribution in [0.2, 0.25) is 0 Å². The molecule has 0 spiro atoms. The van der Waals surface area contributed by atoms with Gasteiger partial charge < -0.3 is 19.5 Å². The van der Waals surface area contributed by atoms with E-state index in [9.17, 15) is 0 Å². The third kappa shape index (κ3) is 4.35. The van der Waals surface area contributed by atoms with Crippen molar-refractivity contribution in [3.63, 3.8) is 0 Å². The Morgan fingerprint density at radius 3 is 2.60 bits per heavy atom. The zero-order chi connectivity index (χ0) is 17.6. The summed E-state index contributed by atoms with van der Waals surface area (Å²) in [4.78, 5) is 15.3. The summed E-state index contributed by atoms with van der Waals surface area (Å²) in [7, 11) is 3.89. The predicted molar refractivity (Wildman–Crippen MR) is 97.4 cm³/mol. The molecular weight excluding hydrogens is 316 g/mol. The van der Waals surface area contributed by atoms with Gasteiger partial charge in [-0.2, -0.15) is 0 Å². The lowest BCUT2D eigenvalue weighted by Crippen LogP contribution is -2.34. The molecule has 7 nitrogen and oxygen atoms in total. The number of hydrogen-bond acceptors (Lipinski definition) is 6. The summed E-state index contributed by atoms with van der Waals surface area (Å²) in [5.74, 6) is 2.37. The number of hydrogen-bond donors (Lipinski definition) is 1. The lowest BCUT2D eigenvalue weighted by molar-refractivity contribution is 0.0517. The van der Waals surface area contributed by atoms with Crippen molar-refractivity contribution < 1.29 is 4.74 Å². The molecular formula is C18H28N6O. The molecule has 136 valence electrons. The van der Waals surface area contributed by atoms with Crippen LogP contribution in [0, 0.1) is 5.92 Å². The minimum atomic E-state index is 0.215. The lowest BCUT2D eigenvalue weighted by atomic mass is 9.91. The highest BCUT2D eigenvalue weighted by molar-refractivity contribution is 5.26. The van der Waals surface area contributed by atoms with Crippen LogP contribution in [0.1, 0.15) is 37.2 Å². The molecule has 0 aromatic carbocycles. The van der Waals surface area contributed by atoms with E-state index in [2.05, 4.69) is 38.0 Å². The zero-order valence-electron chi connectivity index (χ0n) is 15.4. The van der Waals surface area contributed by atoms with Crippen molar-refractivity contribution in [2.75, 3.05) is 32.2 Å². The summed E-state index contributed by atoms with van der Waals surface area (Å²) in [6.45, 7) is 5.47. The largest absolute Gasteiger partial charge is 0.381 e. The maximum absolute atomic E-state index is 5.54. The molecule has 0 unspecified atom stereocenters. The van der Waals surface area contributed by atoms with Crippen LogP contribution in [0.15, 0.2) is 24.8 Å². The topological polar surface area (TPSA) is 68.1 Å². The molecule has 0 bridgehead atoms. The first-order valence-electron chi connectivity index (χ1n) is 8.99. The van der Waals surface area contributed by atoms with Gasteiger partial charge in [-0.15, -0.1) is 0 Å². The van der Waals surface area contributed by atoms with E-state index < -0.39 is 0 Å². The van der Waals surface area contributed by atoms with Crippen molar-refractivity contribution in [3.05, 3.63) is 36.2 Å². The molecule has 0 saturated carbocycles. The summed E-state index contributed by atoms with van der Waals surface area (Å²) in [5.41, 5.74) is 1.08. The van der Waals surface area contributed by atoms with Crippen molar-refractivity contribution in [2.24, 2.45) is 5.92 Å². The molecule has 1 aliphatic heterocycles. The first-order chi connectivity index (χ1) is 12.2. The molecule has 25 heavy (non-hydrogen) atoms. The normalized spacial score (nSPS) is 16.8. The van der Waals surface area contributed by atoms with Crippen LogP contribution in [0.3, 0.4) is 0 Å². The number of ether oxygens (including phenoxy) is 1. The van der Waals surface area contributed by atoms with Crippen LogP contribution in [-0.4, -0.2) is 46.8 Å². The second-order valence-corrected chi connectivity index (χ2v) is 6.67. The van der Waals surface area contributed by atoms with E-state index in [-0.39, 0.29) is 6.04 Å². The maximum Gasteiger partial charge on any atom is 0.224 e. The molecule has 1 saturated heterocycles. The van der Waals surface area contributed by atoms with E-state index in [4.69, 9.17) is 4.74 Å². The van der Waals surface area contributed by atoms with Gasteiger partial charge in [0.15, 0.2) is 0 Å². The van der Waals surface area contributed by atoms with Gasteiger partial charge in [0.2, 0.25) is 5.95 Å². The molecule has 7 heteroatoms. The second kappa shape index (κ2) is 8.40. The first-order valence-corrected chi connectivity index (χ1v) is 8.99. The average Bonchev–Trinajstić information content (AvgIpc) is 3.12. The Balaban J connectivity index is 1.73. The number of anilines is 1. The van der Waals surface area contributed by atoms with Crippen LogP contribution in [-0.2, 0) is 17.8 Å². The summed E-state index contributed by atoms with van der Waals surface area (Å²) >= 11 is 0. The molecule has 0 radical (unpaired) electrons. The van der Waals surface area contributed by atoms with Crippen molar-refractivity contribution in [1.29, 1.82) is 0 Å². The number of aromatic nitrogens is 4. The Morgan fingerprint density at radius 2 is 1.96 bits per heavy atom. The van der Waals surface area contributed by atoms with Gasteiger partial charge in [-0.1, -0.05) is 0 Å². The molecule has 0 amide bonds. The third-order valence-corrected chi connectivity index (χ3v) is 4.72. The third-order valence-electron chi connectivity index (χ3n) is 4.72. The zero-order valence-corrected chi connectivity index (χ0v) is 15.4. The minimum absolute atomic E-state index is 0.215. The Bertz CT molecular complexity index is 648. The summed E-state index contributed by atoms with van der Waals surface area (Å²) in [5, 5.41) is 3.70. The van der Waals surface area contributed by atoms with E-state index in [1.807, 2.05) is 37.6 Å². The van der Waals surface area contributed by atoms with Crippen molar-refractivity contribution >= 4 is 5.95 Å². The number of nitrogens with one attached hydrogen (secondary N) is 1. The predicted octanol–water partition coefficient (Wildman–Crippen LogP) is 2.02. The van der Waals surface area contributed by atoms with E-state index in [0.29, 0.717) is 5.92 Å². The van der Waals surface area contributed by atoms with Crippen LogP contribution < -0.4 is 10.2 Å². The van der Waals surface area contributed by atoms with Crippen molar-refractivity contribution in [3.8, 4) is 0 Å². The molecule has 0 aliphatic carbocycles. The molecule has 3 rings (SSSR count). The van der Waals surface area contributed by atoms with Crippen molar-refractivity contribution in [2.45, 2.75) is 38.9 Å². The van der Waals surface area contributed by atoms with E-state index in [1.54, 1.807) is 0 Å². The number of nitrogens with zero attached hydrogens (tertiary/aromatic N) is 5. The van der Waals surface area contributed by atoms with Gasteiger partial charge in [0.25, 0.3) is 0 Å². The summed E-state index contributed by atoms with van der Waals surface area (Å²) < 4.78 is 7.76. The summed E-state index contributed by atoms with van der Waals surface area (Å²) in [6, 6.07) is 0.215. The van der Waals surface area contributed by atoms with Crippen LogP contribution in [0.5, 0.6) is 0 Å². The molecule has 2 aromatic rings. The Labute approximate surface area is 149 Å². The monoisotopic (exact) mass is 344 g/mol. The van der Waals surface area contributed by atoms with Crippen LogP contribution in [0.4, 0.5) is 5.95 Å². The van der Waals surface area contributed by atoms with Gasteiger partial charge in [0.1, 0.15) is 5.82 Å². The fourth-order valence-electron chi connectivity index (χ4n) is 3.28. The Morgan fingerprint density at radius 1 is 1.24 bits per heavy atom. The van der Waals surface area contributed by atoms with Gasteiger partial charge >= 0.3 is 0 Å². The smallest absolute Gasteiger partial charge is 0.224 e. The molecule has 1 fully saturated rings. The van der Waals surface area contributed by atoms with Crippen LogP contribution >= 0.6 is 0 Å². The standard InChI is InChI=1S/C18H28N6O/c1-4-24-8-7-19-17(24)16(15-5-9-25-10-6-15)20-11-14-12-21-18(22-13-14)23(2)3/h7-8,12-13,15-16,20H,4-6,9-11H2,1-3H3/t16-/m0/s1. The highest BCUT2D eigenvalue weighted by Crippen LogP contribution is 2.29. The average molecular weight is 344 g/mol. The second-order valence-electron chi connectivity index (χ2n) is 6.67.